The quantitative estimate of drug-likeness (QED) is 0.239. The highest BCUT2D eigenvalue weighted by Gasteiger charge is 2.16. The van der Waals surface area contributed by atoms with E-state index < -0.39 is 0 Å². The zero-order valence-electron chi connectivity index (χ0n) is 17.4. The van der Waals surface area contributed by atoms with Crippen LogP contribution in [0.4, 0.5) is 0 Å². The van der Waals surface area contributed by atoms with Crippen molar-refractivity contribution < 1.29 is 0 Å². The van der Waals surface area contributed by atoms with Crippen molar-refractivity contribution in [1.29, 1.82) is 0 Å². The molecule has 3 rings (SSSR count). The van der Waals surface area contributed by atoms with Crippen LogP contribution >= 0.6 is 35.3 Å². The number of hydrogen-bond donors (Lipinski definition) is 2. The third-order valence-corrected chi connectivity index (χ3v) is 5.87. The molecule has 0 atom stereocenters. The number of halogens is 1. The Morgan fingerprint density at radius 2 is 1.83 bits per heavy atom. The lowest BCUT2D eigenvalue weighted by molar-refractivity contribution is 0.126. The normalized spacial score (nSPS) is 15.7. The molecule has 0 saturated carbocycles. The molecule has 0 bridgehead atoms. The summed E-state index contributed by atoms with van der Waals surface area (Å²) in [5, 5.41) is 7.83. The van der Waals surface area contributed by atoms with Gasteiger partial charge in [-0.3, -0.25) is 9.89 Å². The van der Waals surface area contributed by atoms with E-state index in [2.05, 4.69) is 67.7 Å². The highest BCUT2D eigenvalue weighted by atomic mass is 127. The number of aryl methyl sites for hydroxylation is 1. The standard InChI is InChI=1S/C21H32N6S.HI/c1-18-15-24-20(28-18)16-25-21(22-2)23-9-6-10-26-11-13-27(14-12-26)17-19-7-4-3-5-8-19;/h3-5,7-8,15H,6,9-14,16-17H2,1-2H3,(H2,22,23,25);1H. The van der Waals surface area contributed by atoms with Crippen molar-refractivity contribution in [3.63, 3.8) is 0 Å². The molecule has 29 heavy (non-hydrogen) atoms. The Labute approximate surface area is 195 Å². The Morgan fingerprint density at radius 1 is 1.10 bits per heavy atom. The molecule has 1 saturated heterocycles. The van der Waals surface area contributed by atoms with Crippen LogP contribution < -0.4 is 10.6 Å². The van der Waals surface area contributed by atoms with Gasteiger partial charge >= 0.3 is 0 Å². The molecule has 2 aromatic rings. The van der Waals surface area contributed by atoms with Crippen molar-refractivity contribution in [2.75, 3.05) is 46.3 Å². The number of nitrogens with one attached hydrogen (secondary N) is 2. The summed E-state index contributed by atoms with van der Waals surface area (Å²) in [5.74, 6) is 0.848. The number of benzene rings is 1. The molecule has 1 aromatic carbocycles. The summed E-state index contributed by atoms with van der Waals surface area (Å²) in [6.45, 7) is 10.5. The van der Waals surface area contributed by atoms with Crippen LogP contribution in [0.3, 0.4) is 0 Å². The molecular formula is C21H33IN6S. The monoisotopic (exact) mass is 528 g/mol. The summed E-state index contributed by atoms with van der Waals surface area (Å²) < 4.78 is 0. The molecule has 0 unspecified atom stereocenters. The first kappa shape index (κ1) is 24.0. The molecule has 1 aliphatic heterocycles. The van der Waals surface area contributed by atoms with Crippen molar-refractivity contribution in [1.82, 2.24) is 25.4 Å². The van der Waals surface area contributed by atoms with Gasteiger partial charge in [-0.1, -0.05) is 30.3 Å². The third-order valence-electron chi connectivity index (χ3n) is 4.96. The topological polar surface area (TPSA) is 55.8 Å². The Morgan fingerprint density at radius 3 is 2.48 bits per heavy atom. The average molecular weight is 529 g/mol. The lowest BCUT2D eigenvalue weighted by atomic mass is 10.2. The number of aliphatic imine (C=N–C) groups is 1. The SMILES string of the molecule is CN=C(NCCCN1CCN(Cc2ccccc2)CC1)NCc1ncc(C)s1.I. The van der Waals surface area contributed by atoms with E-state index in [1.54, 1.807) is 11.3 Å². The van der Waals surface area contributed by atoms with Crippen LogP contribution in [-0.4, -0.2) is 67.1 Å². The predicted molar refractivity (Wildman–Crippen MR) is 133 cm³/mol. The molecular weight excluding hydrogens is 495 g/mol. The van der Waals surface area contributed by atoms with Crippen molar-refractivity contribution >= 4 is 41.3 Å². The molecule has 2 heterocycles. The van der Waals surface area contributed by atoms with Gasteiger partial charge in [0, 0.05) is 57.4 Å². The number of guanidine groups is 1. The summed E-state index contributed by atoms with van der Waals surface area (Å²) in [6.07, 6.45) is 3.03. The van der Waals surface area contributed by atoms with Crippen molar-refractivity contribution in [2.24, 2.45) is 4.99 Å². The maximum absolute atomic E-state index is 4.37. The minimum Gasteiger partial charge on any atom is -0.356 e. The van der Waals surface area contributed by atoms with Gasteiger partial charge in [0.1, 0.15) is 5.01 Å². The van der Waals surface area contributed by atoms with E-state index in [1.165, 1.54) is 10.4 Å². The summed E-state index contributed by atoms with van der Waals surface area (Å²) in [6, 6.07) is 10.8. The minimum atomic E-state index is 0. The van der Waals surface area contributed by atoms with Crippen LogP contribution in [0.1, 0.15) is 21.9 Å². The molecule has 1 fully saturated rings. The molecule has 1 aliphatic rings. The fourth-order valence-electron chi connectivity index (χ4n) is 3.39. The van der Waals surface area contributed by atoms with Crippen molar-refractivity contribution in [2.45, 2.75) is 26.4 Å². The molecule has 6 nitrogen and oxygen atoms in total. The second kappa shape index (κ2) is 13.1. The van der Waals surface area contributed by atoms with E-state index in [4.69, 9.17) is 0 Å². The van der Waals surface area contributed by atoms with Gasteiger partial charge in [-0.15, -0.1) is 35.3 Å². The van der Waals surface area contributed by atoms with E-state index in [-0.39, 0.29) is 24.0 Å². The Balaban J connectivity index is 0.00000300. The maximum Gasteiger partial charge on any atom is 0.191 e. The lowest BCUT2D eigenvalue weighted by Crippen LogP contribution is -2.46. The summed E-state index contributed by atoms with van der Waals surface area (Å²) in [5.41, 5.74) is 1.41. The molecule has 2 N–H and O–H groups in total. The summed E-state index contributed by atoms with van der Waals surface area (Å²) in [7, 11) is 1.81. The summed E-state index contributed by atoms with van der Waals surface area (Å²) >= 11 is 1.72. The van der Waals surface area contributed by atoms with Crippen LogP contribution in [0.25, 0.3) is 0 Å². The number of rotatable bonds is 8. The van der Waals surface area contributed by atoms with E-state index in [0.717, 1.165) is 69.7 Å². The minimum absolute atomic E-state index is 0. The van der Waals surface area contributed by atoms with Gasteiger partial charge in [0.25, 0.3) is 0 Å². The molecule has 8 heteroatoms. The van der Waals surface area contributed by atoms with Crippen LogP contribution in [-0.2, 0) is 13.1 Å². The molecule has 0 radical (unpaired) electrons. The zero-order valence-corrected chi connectivity index (χ0v) is 20.6. The second-order valence-corrected chi connectivity index (χ2v) is 8.49. The van der Waals surface area contributed by atoms with Gasteiger partial charge in [0.05, 0.1) is 6.54 Å². The Bertz CT molecular complexity index is 728. The first-order valence-corrected chi connectivity index (χ1v) is 10.9. The molecule has 160 valence electrons. The third kappa shape index (κ3) is 8.57. The second-order valence-electron chi connectivity index (χ2n) is 7.17. The largest absolute Gasteiger partial charge is 0.356 e. The van der Waals surface area contributed by atoms with Crippen LogP contribution in [0, 0.1) is 6.92 Å². The van der Waals surface area contributed by atoms with Gasteiger partial charge in [-0.2, -0.15) is 0 Å². The molecule has 1 aromatic heterocycles. The fourth-order valence-corrected chi connectivity index (χ4v) is 4.11. The lowest BCUT2D eigenvalue weighted by Gasteiger charge is -2.34. The number of hydrogen-bond acceptors (Lipinski definition) is 5. The van der Waals surface area contributed by atoms with Crippen LogP contribution in [0.15, 0.2) is 41.5 Å². The molecule has 0 amide bonds. The van der Waals surface area contributed by atoms with Gasteiger partial charge < -0.3 is 15.5 Å². The number of aromatic nitrogens is 1. The Kier molecular flexibility index (Phi) is 10.9. The number of nitrogens with zero attached hydrogens (tertiary/aromatic N) is 4. The van der Waals surface area contributed by atoms with Gasteiger partial charge in [0.2, 0.25) is 0 Å². The van der Waals surface area contributed by atoms with Crippen molar-refractivity contribution in [3.8, 4) is 0 Å². The number of thiazole rings is 1. The van der Waals surface area contributed by atoms with E-state index >= 15 is 0 Å². The van der Waals surface area contributed by atoms with Crippen molar-refractivity contribution in [3.05, 3.63) is 52.0 Å². The highest BCUT2D eigenvalue weighted by Crippen LogP contribution is 2.10. The molecule has 0 spiro atoms. The van der Waals surface area contributed by atoms with E-state index in [0.29, 0.717) is 0 Å². The van der Waals surface area contributed by atoms with E-state index in [9.17, 15) is 0 Å². The van der Waals surface area contributed by atoms with Gasteiger partial charge in [-0.05, 0) is 25.5 Å². The van der Waals surface area contributed by atoms with Crippen LogP contribution in [0.2, 0.25) is 0 Å². The predicted octanol–water partition coefficient (Wildman–Crippen LogP) is 2.94. The number of piperazine rings is 1. The van der Waals surface area contributed by atoms with Gasteiger partial charge in [-0.25, -0.2) is 4.98 Å². The smallest absolute Gasteiger partial charge is 0.191 e. The van der Waals surface area contributed by atoms with Crippen LogP contribution in [0.5, 0.6) is 0 Å². The average Bonchev–Trinajstić information content (AvgIpc) is 3.14. The maximum atomic E-state index is 4.37. The first-order chi connectivity index (χ1) is 13.7. The fraction of sp³-hybridized carbons (Fsp3) is 0.524. The van der Waals surface area contributed by atoms with E-state index in [1.807, 2.05) is 13.2 Å². The van der Waals surface area contributed by atoms with Gasteiger partial charge in [0.15, 0.2) is 5.96 Å². The highest BCUT2D eigenvalue weighted by molar-refractivity contribution is 14.0. The molecule has 0 aliphatic carbocycles. The zero-order chi connectivity index (χ0) is 19.6. The first-order valence-electron chi connectivity index (χ1n) is 10.1. The Hall–Kier alpha value is -1.23. The summed E-state index contributed by atoms with van der Waals surface area (Å²) in [4.78, 5) is 15.0.